The van der Waals surface area contributed by atoms with E-state index in [1.54, 1.807) is 5.01 Å². The summed E-state index contributed by atoms with van der Waals surface area (Å²) in [7, 11) is 0. The van der Waals surface area contributed by atoms with Crippen LogP contribution in [0, 0.1) is 0 Å². The van der Waals surface area contributed by atoms with E-state index in [1.807, 2.05) is 24.3 Å². The third kappa shape index (κ3) is 2.06. The van der Waals surface area contributed by atoms with E-state index in [0.717, 1.165) is 37.2 Å². The van der Waals surface area contributed by atoms with E-state index >= 15 is 0 Å². The van der Waals surface area contributed by atoms with Crippen molar-refractivity contribution >= 4 is 11.6 Å². The molecule has 2 heterocycles. The number of nitrogens with one attached hydrogen (secondary N) is 2. The van der Waals surface area contributed by atoms with E-state index in [4.69, 9.17) is 0 Å². The monoisotopic (exact) mass is 231 g/mol. The lowest BCUT2D eigenvalue weighted by molar-refractivity contribution is -0.118. The topological polar surface area (TPSA) is 44.4 Å². The summed E-state index contributed by atoms with van der Waals surface area (Å²) in [5.74, 6) is 0.157. The molecule has 0 unspecified atom stereocenters. The molecule has 1 saturated heterocycles. The van der Waals surface area contributed by atoms with E-state index in [0.29, 0.717) is 12.5 Å². The first-order valence-corrected chi connectivity index (χ1v) is 6.22. The summed E-state index contributed by atoms with van der Waals surface area (Å²) >= 11 is 0. The number of fused-ring (bicyclic) bond motifs is 1. The number of para-hydroxylation sites is 1. The molecule has 0 saturated carbocycles. The van der Waals surface area contributed by atoms with Crippen LogP contribution in [0.3, 0.4) is 0 Å². The highest BCUT2D eigenvalue weighted by molar-refractivity contribution is 6.00. The van der Waals surface area contributed by atoms with Gasteiger partial charge in [0, 0.05) is 6.04 Å². The van der Waals surface area contributed by atoms with Crippen LogP contribution in [0.15, 0.2) is 24.3 Å². The predicted octanol–water partition coefficient (Wildman–Crippen LogP) is 0.832. The summed E-state index contributed by atoms with van der Waals surface area (Å²) in [4.78, 5) is 12.0. The lowest BCUT2D eigenvalue weighted by Crippen LogP contribution is -2.50. The van der Waals surface area contributed by atoms with Crippen molar-refractivity contribution in [3.63, 3.8) is 0 Å². The number of hydrazine groups is 1. The zero-order chi connectivity index (χ0) is 11.7. The Hall–Kier alpha value is -1.39. The molecule has 90 valence electrons. The molecule has 1 fully saturated rings. The molecule has 2 N–H and O–H groups in total. The minimum Gasteiger partial charge on any atom is -0.317 e. The molecule has 4 heteroatoms. The van der Waals surface area contributed by atoms with Crippen molar-refractivity contribution in [3.8, 4) is 0 Å². The number of carbonyl (C=O) groups is 1. The quantitative estimate of drug-likeness (QED) is 0.792. The highest BCUT2D eigenvalue weighted by Gasteiger charge is 2.28. The number of piperidine rings is 1. The van der Waals surface area contributed by atoms with Crippen molar-refractivity contribution in [1.82, 2.24) is 10.7 Å². The van der Waals surface area contributed by atoms with Gasteiger partial charge in [-0.15, -0.1) is 0 Å². The van der Waals surface area contributed by atoms with Gasteiger partial charge in [-0.2, -0.15) is 0 Å². The Morgan fingerprint density at radius 1 is 1.24 bits per heavy atom. The van der Waals surface area contributed by atoms with Gasteiger partial charge < -0.3 is 5.32 Å². The number of rotatable bonds is 2. The zero-order valence-corrected chi connectivity index (χ0v) is 9.78. The fourth-order valence-electron chi connectivity index (χ4n) is 2.53. The Labute approximate surface area is 101 Å². The Morgan fingerprint density at radius 3 is 2.82 bits per heavy atom. The molecular formula is C13H17N3O. The van der Waals surface area contributed by atoms with Gasteiger partial charge in [0.1, 0.15) is 0 Å². The van der Waals surface area contributed by atoms with Gasteiger partial charge in [0.15, 0.2) is 0 Å². The molecule has 4 nitrogen and oxygen atoms in total. The standard InChI is InChI=1S/C13H17N3O/c17-13-9-10-3-1-2-4-12(10)16(13)15-11-5-7-14-8-6-11/h1-4,11,14-15H,5-9H2. The van der Waals surface area contributed by atoms with Crippen LogP contribution in [0.4, 0.5) is 5.69 Å². The Bertz CT molecular complexity index is 426. The van der Waals surface area contributed by atoms with E-state index in [-0.39, 0.29) is 5.91 Å². The van der Waals surface area contributed by atoms with Gasteiger partial charge in [0.2, 0.25) is 5.91 Å². The summed E-state index contributed by atoms with van der Waals surface area (Å²) in [6.45, 7) is 2.06. The van der Waals surface area contributed by atoms with Crippen molar-refractivity contribution in [2.45, 2.75) is 25.3 Å². The van der Waals surface area contributed by atoms with E-state index in [2.05, 4.69) is 10.7 Å². The van der Waals surface area contributed by atoms with Crippen LogP contribution in [0.5, 0.6) is 0 Å². The largest absolute Gasteiger partial charge is 0.317 e. The van der Waals surface area contributed by atoms with Crippen LogP contribution in [0.1, 0.15) is 18.4 Å². The Morgan fingerprint density at radius 2 is 2.00 bits per heavy atom. The molecule has 0 aliphatic carbocycles. The average molecular weight is 231 g/mol. The third-order valence-electron chi connectivity index (χ3n) is 3.47. The zero-order valence-electron chi connectivity index (χ0n) is 9.78. The molecule has 0 aromatic heterocycles. The molecule has 3 rings (SSSR count). The van der Waals surface area contributed by atoms with Crippen molar-refractivity contribution in [1.29, 1.82) is 0 Å². The van der Waals surface area contributed by atoms with Crippen molar-refractivity contribution < 1.29 is 4.79 Å². The number of carbonyl (C=O) groups excluding carboxylic acids is 1. The molecule has 17 heavy (non-hydrogen) atoms. The summed E-state index contributed by atoms with van der Waals surface area (Å²) < 4.78 is 0. The summed E-state index contributed by atoms with van der Waals surface area (Å²) in [6, 6.07) is 8.41. The lowest BCUT2D eigenvalue weighted by Gasteiger charge is -2.29. The van der Waals surface area contributed by atoms with Gasteiger partial charge in [-0.1, -0.05) is 18.2 Å². The van der Waals surface area contributed by atoms with Crippen molar-refractivity contribution in [2.75, 3.05) is 18.1 Å². The first-order chi connectivity index (χ1) is 8.34. The molecule has 1 amide bonds. The van der Waals surface area contributed by atoms with Crippen LogP contribution in [0.2, 0.25) is 0 Å². The van der Waals surface area contributed by atoms with Gasteiger partial charge in [-0.25, -0.2) is 10.4 Å². The van der Waals surface area contributed by atoms with Gasteiger partial charge in [-0.3, -0.25) is 4.79 Å². The van der Waals surface area contributed by atoms with Gasteiger partial charge in [-0.05, 0) is 37.6 Å². The van der Waals surface area contributed by atoms with Crippen LogP contribution in [0.25, 0.3) is 0 Å². The fraction of sp³-hybridized carbons (Fsp3) is 0.462. The maximum absolute atomic E-state index is 12.0. The minimum atomic E-state index is 0.157. The van der Waals surface area contributed by atoms with E-state index in [1.165, 1.54) is 0 Å². The third-order valence-corrected chi connectivity index (χ3v) is 3.47. The van der Waals surface area contributed by atoms with Crippen LogP contribution in [-0.4, -0.2) is 25.0 Å². The molecule has 0 radical (unpaired) electrons. The van der Waals surface area contributed by atoms with Crippen LogP contribution >= 0.6 is 0 Å². The second kappa shape index (κ2) is 4.47. The number of amides is 1. The second-order valence-electron chi connectivity index (χ2n) is 4.69. The van der Waals surface area contributed by atoms with E-state index in [9.17, 15) is 4.79 Å². The number of anilines is 1. The van der Waals surface area contributed by atoms with Crippen LogP contribution in [-0.2, 0) is 11.2 Å². The van der Waals surface area contributed by atoms with Gasteiger partial charge in [0.05, 0.1) is 12.1 Å². The summed E-state index contributed by atoms with van der Waals surface area (Å²) in [5.41, 5.74) is 5.52. The highest BCUT2D eigenvalue weighted by atomic mass is 16.2. The smallest absolute Gasteiger partial charge is 0.245 e. The first-order valence-electron chi connectivity index (χ1n) is 6.22. The number of benzene rings is 1. The number of hydrogen-bond donors (Lipinski definition) is 2. The number of hydrogen-bond acceptors (Lipinski definition) is 3. The summed E-state index contributed by atoms with van der Waals surface area (Å²) in [6.07, 6.45) is 2.67. The first kappa shape index (κ1) is 10.7. The normalized spacial score (nSPS) is 20.7. The van der Waals surface area contributed by atoms with Gasteiger partial charge >= 0.3 is 0 Å². The molecule has 1 aromatic rings. The molecule has 1 aromatic carbocycles. The maximum atomic E-state index is 12.0. The fourth-order valence-corrected chi connectivity index (χ4v) is 2.53. The summed E-state index contributed by atoms with van der Waals surface area (Å²) in [5, 5.41) is 5.07. The van der Waals surface area contributed by atoms with Crippen molar-refractivity contribution in [3.05, 3.63) is 29.8 Å². The minimum absolute atomic E-state index is 0.157. The van der Waals surface area contributed by atoms with Gasteiger partial charge in [0.25, 0.3) is 0 Å². The predicted molar refractivity (Wildman–Crippen MR) is 66.7 cm³/mol. The highest BCUT2D eigenvalue weighted by Crippen LogP contribution is 2.27. The second-order valence-corrected chi connectivity index (χ2v) is 4.69. The Kier molecular flexibility index (Phi) is 2.82. The van der Waals surface area contributed by atoms with Crippen molar-refractivity contribution in [2.24, 2.45) is 0 Å². The lowest BCUT2D eigenvalue weighted by atomic mass is 10.1. The Balaban J connectivity index is 1.76. The SMILES string of the molecule is O=C1Cc2ccccc2N1NC1CCNCC1. The molecule has 0 spiro atoms. The molecule has 0 bridgehead atoms. The molecule has 0 atom stereocenters. The average Bonchev–Trinajstić information content (AvgIpc) is 2.68. The molecular weight excluding hydrogens is 214 g/mol. The van der Waals surface area contributed by atoms with Crippen LogP contribution < -0.4 is 15.8 Å². The maximum Gasteiger partial charge on any atom is 0.245 e. The molecule has 2 aliphatic heterocycles. The number of nitrogens with zero attached hydrogens (tertiary/aromatic N) is 1. The molecule has 2 aliphatic rings. The van der Waals surface area contributed by atoms with E-state index < -0.39 is 0 Å².